The summed E-state index contributed by atoms with van der Waals surface area (Å²) in [6.45, 7) is 0.808. The van der Waals surface area contributed by atoms with E-state index in [1.807, 2.05) is 0 Å². The lowest BCUT2D eigenvalue weighted by molar-refractivity contribution is -0.107. The zero-order chi connectivity index (χ0) is 11.8. The first-order valence-corrected chi connectivity index (χ1v) is 6.11. The Morgan fingerprint density at radius 1 is 1.12 bits per heavy atom. The van der Waals surface area contributed by atoms with Crippen LogP contribution in [0.1, 0.15) is 38.5 Å². The quantitative estimate of drug-likeness (QED) is 0.485. The van der Waals surface area contributed by atoms with E-state index in [1.165, 1.54) is 0 Å². The molecule has 16 heavy (non-hydrogen) atoms. The smallest absolute Gasteiger partial charge is 0.156 e. The van der Waals surface area contributed by atoms with Crippen LogP contribution < -0.4 is 0 Å². The molecule has 0 aromatic carbocycles. The van der Waals surface area contributed by atoms with E-state index in [0.717, 1.165) is 45.1 Å². The van der Waals surface area contributed by atoms with Gasteiger partial charge in [0.2, 0.25) is 0 Å². The van der Waals surface area contributed by atoms with Crippen molar-refractivity contribution in [1.29, 1.82) is 0 Å². The van der Waals surface area contributed by atoms with Crippen LogP contribution in [0.3, 0.4) is 0 Å². The Kier molecular flexibility index (Phi) is 6.96. The number of hydrogen-bond acceptors (Lipinski definition) is 4. The van der Waals surface area contributed by atoms with Crippen molar-refractivity contribution in [3.8, 4) is 0 Å². The molecule has 0 radical (unpaired) electrons. The van der Waals surface area contributed by atoms with Crippen LogP contribution in [0.15, 0.2) is 0 Å². The Morgan fingerprint density at radius 3 is 2.38 bits per heavy atom. The Labute approximate surface area is 97.9 Å². The highest BCUT2D eigenvalue weighted by Gasteiger charge is 2.27. The lowest BCUT2D eigenvalue weighted by atomic mass is 9.92. The summed E-state index contributed by atoms with van der Waals surface area (Å²) in [6.07, 6.45) is 6.01. The molecule has 1 aliphatic carbocycles. The molecule has 1 saturated carbocycles. The molecule has 4 heteroatoms. The first-order chi connectivity index (χ1) is 7.76. The normalized spacial score (nSPS) is 24.8. The average Bonchev–Trinajstić information content (AvgIpc) is 2.25. The van der Waals surface area contributed by atoms with Crippen LogP contribution in [-0.4, -0.2) is 44.4 Å². The highest BCUT2D eigenvalue weighted by Crippen LogP contribution is 2.23. The number of unbranched alkanes of at least 4 members (excludes halogenated alkanes) is 2. The molecular weight excluding hydrogens is 208 g/mol. The zero-order valence-corrected chi connectivity index (χ0v) is 10.4. The molecule has 0 saturated heterocycles. The minimum Gasteiger partial charge on any atom is -0.393 e. The summed E-state index contributed by atoms with van der Waals surface area (Å²) in [5, 5.41) is 9.07. The van der Waals surface area contributed by atoms with Gasteiger partial charge in [-0.2, -0.15) is 0 Å². The van der Waals surface area contributed by atoms with Crippen molar-refractivity contribution in [3.63, 3.8) is 0 Å². The summed E-state index contributed by atoms with van der Waals surface area (Å²) in [7, 11) is 3.33. The molecule has 0 unspecified atom stereocenters. The molecule has 0 spiro atoms. The largest absolute Gasteiger partial charge is 0.393 e. The predicted octanol–water partition coefficient (Wildman–Crippen LogP) is 1.71. The molecule has 0 heterocycles. The highest BCUT2D eigenvalue weighted by molar-refractivity contribution is 4.78. The molecule has 0 amide bonds. The molecule has 0 aromatic rings. The van der Waals surface area contributed by atoms with Gasteiger partial charge in [0.1, 0.15) is 0 Å². The van der Waals surface area contributed by atoms with E-state index in [-0.39, 0.29) is 12.4 Å². The maximum Gasteiger partial charge on any atom is 0.156 e. The maximum absolute atomic E-state index is 9.07. The minimum absolute atomic E-state index is 0.0669. The fraction of sp³-hybridized carbons (Fsp3) is 1.00. The number of hydrogen-bond donors (Lipinski definition) is 1. The summed E-state index contributed by atoms with van der Waals surface area (Å²) in [5.41, 5.74) is 0. The molecule has 0 aromatic heterocycles. The summed E-state index contributed by atoms with van der Waals surface area (Å²) in [5.74, 6) is 0. The first kappa shape index (κ1) is 13.9. The van der Waals surface area contributed by atoms with Crippen molar-refractivity contribution >= 4 is 0 Å². The Morgan fingerprint density at radius 2 is 1.81 bits per heavy atom. The third-order valence-electron chi connectivity index (χ3n) is 3.03. The van der Waals surface area contributed by atoms with Gasteiger partial charge in [-0.1, -0.05) is 6.42 Å². The van der Waals surface area contributed by atoms with E-state index in [0.29, 0.717) is 6.10 Å². The van der Waals surface area contributed by atoms with Gasteiger partial charge in [0.15, 0.2) is 6.29 Å². The van der Waals surface area contributed by atoms with E-state index in [4.69, 9.17) is 19.3 Å². The second kappa shape index (κ2) is 8.01. The van der Waals surface area contributed by atoms with Gasteiger partial charge in [0, 0.05) is 20.8 Å². The van der Waals surface area contributed by atoms with E-state index in [1.54, 1.807) is 14.2 Å². The molecule has 0 atom stereocenters. The SMILES string of the molecule is COC(CCCCCO[C@H]1C[C@@H](O)C1)OC. The summed E-state index contributed by atoms with van der Waals surface area (Å²) < 4.78 is 15.8. The lowest BCUT2D eigenvalue weighted by Gasteiger charge is -2.31. The summed E-state index contributed by atoms with van der Waals surface area (Å²) in [6, 6.07) is 0. The number of rotatable bonds is 9. The molecular formula is C12H24O4. The van der Waals surface area contributed by atoms with Crippen molar-refractivity contribution in [2.75, 3.05) is 20.8 Å². The van der Waals surface area contributed by atoms with Gasteiger partial charge in [-0.15, -0.1) is 0 Å². The third-order valence-corrected chi connectivity index (χ3v) is 3.03. The first-order valence-electron chi connectivity index (χ1n) is 6.11. The fourth-order valence-corrected chi connectivity index (χ4v) is 1.85. The van der Waals surface area contributed by atoms with Gasteiger partial charge < -0.3 is 19.3 Å². The topological polar surface area (TPSA) is 47.9 Å². The Hall–Kier alpha value is -0.160. The average molecular weight is 232 g/mol. The standard InChI is InChI=1S/C12H24O4/c1-14-12(15-2)6-4-3-5-7-16-11-8-10(13)9-11/h10-13H,3-9H2,1-2H3/t10-,11+. The summed E-state index contributed by atoms with van der Waals surface area (Å²) >= 11 is 0. The fourth-order valence-electron chi connectivity index (χ4n) is 1.85. The van der Waals surface area contributed by atoms with Gasteiger partial charge in [-0.3, -0.25) is 0 Å². The van der Waals surface area contributed by atoms with Gasteiger partial charge >= 0.3 is 0 Å². The maximum atomic E-state index is 9.07. The van der Waals surface area contributed by atoms with Gasteiger partial charge in [-0.25, -0.2) is 0 Å². The molecule has 0 bridgehead atoms. The van der Waals surface area contributed by atoms with Crippen LogP contribution in [0.2, 0.25) is 0 Å². The lowest BCUT2D eigenvalue weighted by Crippen LogP contribution is -2.35. The molecule has 0 aliphatic heterocycles. The Balaban J connectivity index is 1.81. The number of aliphatic hydroxyl groups is 1. The van der Waals surface area contributed by atoms with Crippen molar-refractivity contribution in [2.45, 2.75) is 57.0 Å². The predicted molar refractivity (Wildman–Crippen MR) is 61.3 cm³/mol. The van der Waals surface area contributed by atoms with Crippen molar-refractivity contribution in [2.24, 2.45) is 0 Å². The molecule has 1 rings (SSSR count). The van der Waals surface area contributed by atoms with Gasteiger partial charge in [0.05, 0.1) is 12.2 Å². The van der Waals surface area contributed by atoms with Gasteiger partial charge in [-0.05, 0) is 32.1 Å². The van der Waals surface area contributed by atoms with Crippen molar-refractivity contribution in [1.82, 2.24) is 0 Å². The van der Waals surface area contributed by atoms with E-state index >= 15 is 0 Å². The second-order valence-electron chi connectivity index (χ2n) is 4.37. The number of methoxy groups -OCH3 is 2. The van der Waals surface area contributed by atoms with E-state index in [9.17, 15) is 0 Å². The van der Waals surface area contributed by atoms with Crippen LogP contribution in [0.4, 0.5) is 0 Å². The second-order valence-corrected chi connectivity index (χ2v) is 4.37. The highest BCUT2D eigenvalue weighted by atomic mass is 16.7. The molecule has 1 fully saturated rings. The summed E-state index contributed by atoms with van der Waals surface area (Å²) in [4.78, 5) is 0. The van der Waals surface area contributed by atoms with Crippen LogP contribution in [0, 0.1) is 0 Å². The van der Waals surface area contributed by atoms with Gasteiger partial charge in [0.25, 0.3) is 0 Å². The van der Waals surface area contributed by atoms with E-state index < -0.39 is 0 Å². The molecule has 4 nitrogen and oxygen atoms in total. The Bertz CT molecular complexity index is 164. The number of aliphatic hydroxyl groups excluding tert-OH is 1. The molecule has 1 N–H and O–H groups in total. The van der Waals surface area contributed by atoms with Crippen LogP contribution in [0.5, 0.6) is 0 Å². The van der Waals surface area contributed by atoms with E-state index in [2.05, 4.69) is 0 Å². The van der Waals surface area contributed by atoms with Crippen LogP contribution >= 0.6 is 0 Å². The third kappa shape index (κ3) is 5.25. The van der Waals surface area contributed by atoms with Crippen molar-refractivity contribution in [3.05, 3.63) is 0 Å². The minimum atomic E-state index is -0.117. The molecule has 96 valence electrons. The number of ether oxygens (including phenoxy) is 3. The monoisotopic (exact) mass is 232 g/mol. The zero-order valence-electron chi connectivity index (χ0n) is 10.4. The van der Waals surface area contributed by atoms with Crippen LogP contribution in [0.25, 0.3) is 0 Å². The van der Waals surface area contributed by atoms with Crippen LogP contribution in [-0.2, 0) is 14.2 Å². The molecule has 1 aliphatic rings. The van der Waals surface area contributed by atoms with Crippen molar-refractivity contribution < 1.29 is 19.3 Å².